The van der Waals surface area contributed by atoms with Gasteiger partial charge >= 0.3 is 0 Å². The minimum absolute atomic E-state index is 0.0544. The van der Waals surface area contributed by atoms with Crippen LogP contribution in [0.25, 0.3) is 0 Å². The number of halogens is 1. The van der Waals surface area contributed by atoms with Crippen LogP contribution in [0.3, 0.4) is 0 Å². The van der Waals surface area contributed by atoms with E-state index in [0.717, 1.165) is 3.57 Å². The largest absolute Gasteiger partial charge is 0.490 e. The van der Waals surface area contributed by atoms with Gasteiger partial charge in [-0.25, -0.2) is 0 Å². The zero-order chi connectivity index (χ0) is 13.0. The molecule has 0 aromatic heterocycles. The third kappa shape index (κ3) is 4.53. The van der Waals surface area contributed by atoms with Crippen molar-refractivity contribution < 1.29 is 9.53 Å². The molecule has 0 aliphatic carbocycles. The number of hydrogen-bond acceptors (Lipinski definition) is 2. The summed E-state index contributed by atoms with van der Waals surface area (Å²) < 4.78 is 6.72. The van der Waals surface area contributed by atoms with Crippen LogP contribution in [0, 0.1) is 3.57 Å². The molecule has 0 aliphatic rings. The lowest BCUT2D eigenvalue weighted by atomic mass is 10.1. The lowest BCUT2D eigenvalue weighted by Crippen LogP contribution is -2.30. The summed E-state index contributed by atoms with van der Waals surface area (Å²) >= 11 is 2.21. The van der Waals surface area contributed by atoms with Crippen LogP contribution >= 0.6 is 22.6 Å². The molecule has 0 heterocycles. The van der Waals surface area contributed by atoms with E-state index < -0.39 is 0 Å². The van der Waals surface area contributed by atoms with E-state index in [9.17, 15) is 4.79 Å². The van der Waals surface area contributed by atoms with Gasteiger partial charge in [0.2, 0.25) is 0 Å². The second kappa shape index (κ2) is 6.23. The van der Waals surface area contributed by atoms with Gasteiger partial charge in [0.25, 0.3) is 5.91 Å². The first kappa shape index (κ1) is 14.3. The summed E-state index contributed by atoms with van der Waals surface area (Å²) in [6, 6.07) is 5.71. The van der Waals surface area contributed by atoms with Gasteiger partial charge in [0.1, 0.15) is 5.75 Å². The summed E-state index contributed by atoms with van der Waals surface area (Å²) in [5.41, 5.74) is 0.591. The molecule has 0 saturated carbocycles. The first-order valence-corrected chi connectivity index (χ1v) is 6.75. The number of amides is 1. The highest BCUT2D eigenvalue weighted by Crippen LogP contribution is 2.23. The summed E-state index contributed by atoms with van der Waals surface area (Å²) in [7, 11) is 0. The van der Waals surface area contributed by atoms with E-state index in [4.69, 9.17) is 4.74 Å². The number of nitrogens with one attached hydrogen (secondary N) is 1. The van der Waals surface area contributed by atoms with Gasteiger partial charge in [0.15, 0.2) is 0 Å². The van der Waals surface area contributed by atoms with Crippen molar-refractivity contribution in [3.05, 3.63) is 27.3 Å². The van der Waals surface area contributed by atoms with Gasteiger partial charge in [0, 0.05) is 9.61 Å². The predicted molar refractivity (Wildman–Crippen MR) is 77.5 cm³/mol. The van der Waals surface area contributed by atoms with Gasteiger partial charge in [-0.2, -0.15) is 0 Å². The van der Waals surface area contributed by atoms with Crippen molar-refractivity contribution in [3.8, 4) is 5.75 Å². The second-order valence-electron chi connectivity index (χ2n) is 4.44. The minimum Gasteiger partial charge on any atom is -0.490 e. The van der Waals surface area contributed by atoms with E-state index in [1.165, 1.54) is 0 Å². The predicted octanol–water partition coefficient (Wildman–Crippen LogP) is 3.22. The Morgan fingerprint density at radius 1 is 1.29 bits per heavy atom. The first-order valence-electron chi connectivity index (χ1n) is 5.67. The number of carbonyl (C=O) groups excluding carboxylic acids is 1. The maximum Gasteiger partial charge on any atom is 0.255 e. The molecule has 0 fully saturated rings. The van der Waals surface area contributed by atoms with E-state index in [0.29, 0.717) is 11.3 Å². The van der Waals surface area contributed by atoms with Crippen LogP contribution < -0.4 is 10.1 Å². The normalized spacial score (nSPS) is 10.8. The van der Waals surface area contributed by atoms with Gasteiger partial charge < -0.3 is 10.1 Å². The van der Waals surface area contributed by atoms with E-state index in [1.54, 1.807) is 6.07 Å². The highest BCUT2D eigenvalue weighted by atomic mass is 127. The molecule has 0 atom stereocenters. The Morgan fingerprint density at radius 2 is 1.94 bits per heavy atom. The van der Waals surface area contributed by atoms with Crippen molar-refractivity contribution >= 4 is 28.5 Å². The number of rotatable bonds is 4. The maximum absolute atomic E-state index is 12.0. The van der Waals surface area contributed by atoms with E-state index in [1.807, 2.05) is 39.8 Å². The van der Waals surface area contributed by atoms with E-state index in [-0.39, 0.29) is 18.1 Å². The van der Waals surface area contributed by atoms with Crippen LogP contribution in [0.2, 0.25) is 0 Å². The Kier molecular flexibility index (Phi) is 5.24. The highest BCUT2D eigenvalue weighted by molar-refractivity contribution is 14.1. The number of ether oxygens (including phenoxy) is 1. The summed E-state index contributed by atoms with van der Waals surface area (Å²) in [5, 5.41) is 2.87. The Bertz CT molecular complexity index is 402. The fourth-order valence-electron chi connectivity index (χ4n) is 1.38. The first-order chi connectivity index (χ1) is 7.90. The van der Waals surface area contributed by atoms with Crippen LogP contribution in [-0.4, -0.2) is 18.1 Å². The van der Waals surface area contributed by atoms with Crippen LogP contribution in [0.1, 0.15) is 38.1 Å². The molecule has 17 heavy (non-hydrogen) atoms. The lowest BCUT2D eigenvalue weighted by molar-refractivity contribution is 0.0937. The Balaban J connectivity index is 3.01. The fraction of sp³-hybridized carbons (Fsp3) is 0.462. The summed E-state index contributed by atoms with van der Waals surface area (Å²) in [6.45, 7) is 7.77. The van der Waals surface area contributed by atoms with Crippen LogP contribution in [0.4, 0.5) is 0 Å². The Morgan fingerprint density at radius 3 is 2.47 bits per heavy atom. The third-order valence-electron chi connectivity index (χ3n) is 1.97. The third-order valence-corrected chi connectivity index (χ3v) is 2.64. The Hall–Kier alpha value is -0.780. The van der Waals surface area contributed by atoms with E-state index in [2.05, 4.69) is 27.9 Å². The molecule has 1 N–H and O–H groups in total. The molecular formula is C13H18INO2. The van der Waals surface area contributed by atoms with Gasteiger partial charge in [-0.3, -0.25) is 4.79 Å². The molecule has 1 amide bonds. The smallest absolute Gasteiger partial charge is 0.255 e. The topological polar surface area (TPSA) is 38.3 Å². The number of carbonyl (C=O) groups is 1. The van der Waals surface area contributed by atoms with Crippen molar-refractivity contribution in [3.63, 3.8) is 0 Å². The molecule has 0 aliphatic heterocycles. The number of benzene rings is 1. The molecule has 0 unspecified atom stereocenters. The van der Waals surface area contributed by atoms with Crippen molar-refractivity contribution in [2.45, 2.75) is 39.8 Å². The van der Waals surface area contributed by atoms with Gasteiger partial charge in [-0.15, -0.1) is 0 Å². The molecule has 4 heteroatoms. The molecule has 0 saturated heterocycles. The molecule has 0 spiro atoms. The average molecular weight is 347 g/mol. The quantitative estimate of drug-likeness (QED) is 0.850. The SMILES string of the molecule is CC(C)NC(=O)c1ccc(I)cc1OC(C)C. The monoisotopic (exact) mass is 347 g/mol. The molecule has 0 radical (unpaired) electrons. The molecule has 0 bridgehead atoms. The van der Waals surface area contributed by atoms with Crippen LogP contribution in [0.15, 0.2) is 18.2 Å². The van der Waals surface area contributed by atoms with Crippen molar-refractivity contribution in [1.29, 1.82) is 0 Å². The van der Waals surface area contributed by atoms with E-state index >= 15 is 0 Å². The average Bonchev–Trinajstić information content (AvgIpc) is 2.15. The molecule has 94 valence electrons. The minimum atomic E-state index is -0.0907. The highest BCUT2D eigenvalue weighted by Gasteiger charge is 2.14. The van der Waals surface area contributed by atoms with Crippen LogP contribution in [-0.2, 0) is 0 Å². The van der Waals surface area contributed by atoms with Crippen molar-refractivity contribution in [2.75, 3.05) is 0 Å². The fourth-order valence-corrected chi connectivity index (χ4v) is 1.84. The second-order valence-corrected chi connectivity index (χ2v) is 5.68. The van der Waals surface area contributed by atoms with Crippen LogP contribution in [0.5, 0.6) is 5.75 Å². The lowest BCUT2D eigenvalue weighted by Gasteiger charge is -2.15. The molecule has 3 nitrogen and oxygen atoms in total. The van der Waals surface area contributed by atoms with Gasteiger partial charge in [-0.1, -0.05) is 0 Å². The zero-order valence-corrected chi connectivity index (χ0v) is 12.7. The standard InChI is InChI=1S/C13H18INO2/c1-8(2)15-13(16)11-6-5-10(14)7-12(11)17-9(3)4/h5-9H,1-4H3,(H,15,16). The molecule has 1 aromatic rings. The number of hydrogen-bond donors (Lipinski definition) is 1. The van der Waals surface area contributed by atoms with Crippen molar-refractivity contribution in [2.24, 2.45) is 0 Å². The summed E-state index contributed by atoms with van der Waals surface area (Å²) in [6.07, 6.45) is 0.0544. The van der Waals surface area contributed by atoms with Crippen molar-refractivity contribution in [1.82, 2.24) is 5.32 Å². The summed E-state index contributed by atoms with van der Waals surface area (Å²) in [5.74, 6) is 0.553. The summed E-state index contributed by atoms with van der Waals surface area (Å²) in [4.78, 5) is 12.0. The van der Waals surface area contributed by atoms with Gasteiger partial charge in [-0.05, 0) is 68.5 Å². The maximum atomic E-state index is 12.0. The molecule has 1 aromatic carbocycles. The molecular weight excluding hydrogens is 329 g/mol. The Labute approximate surface area is 116 Å². The molecule has 1 rings (SSSR count). The van der Waals surface area contributed by atoms with Gasteiger partial charge in [0.05, 0.1) is 11.7 Å². The zero-order valence-electron chi connectivity index (χ0n) is 10.6.